The van der Waals surface area contributed by atoms with Crippen molar-refractivity contribution in [3.63, 3.8) is 0 Å². The quantitative estimate of drug-likeness (QED) is 0.570. The molecule has 0 unspecified atom stereocenters. The van der Waals surface area contributed by atoms with Gasteiger partial charge >= 0.3 is 6.09 Å². The van der Waals surface area contributed by atoms with Crippen molar-refractivity contribution < 1.29 is 14.3 Å². The highest BCUT2D eigenvalue weighted by Crippen LogP contribution is 2.30. The zero-order chi connectivity index (χ0) is 24.2. The molecule has 1 aliphatic rings. The number of nitrogens with zero attached hydrogens (tertiary/aromatic N) is 5. The highest BCUT2D eigenvalue weighted by atomic mass is 35.5. The summed E-state index contributed by atoms with van der Waals surface area (Å²) in [5, 5.41) is 0.372. The molecule has 1 fully saturated rings. The Morgan fingerprint density at radius 1 is 1.15 bits per heavy atom. The summed E-state index contributed by atoms with van der Waals surface area (Å²) in [5.74, 6) is 0.517. The number of rotatable bonds is 5. The smallest absolute Gasteiger partial charge is 0.410 e. The zero-order valence-electron chi connectivity index (χ0n) is 18.9. The standard InChI is InChI=1S/C23H25ClN6O3S/c1-28(2)22(31)18-4-3-15(9-19(18)24)16-10-20(25)21(27-11-16)29-5-7-30(8-6-29)23(32)33-13-17-12-26-14-34-17/h3-4,9-12,14H,5-8,13,25H2,1-2H3. The second-order valence-electron chi connectivity index (χ2n) is 8.03. The number of halogens is 1. The van der Waals surface area contributed by atoms with Crippen LogP contribution in [0.1, 0.15) is 15.2 Å². The fourth-order valence-electron chi connectivity index (χ4n) is 3.64. The van der Waals surface area contributed by atoms with E-state index in [-0.39, 0.29) is 18.6 Å². The number of hydrogen-bond donors (Lipinski definition) is 1. The number of carbonyl (C=O) groups is 2. The van der Waals surface area contributed by atoms with Crippen molar-refractivity contribution in [1.82, 2.24) is 19.8 Å². The normalized spacial score (nSPS) is 13.6. The van der Waals surface area contributed by atoms with Gasteiger partial charge < -0.3 is 25.2 Å². The maximum atomic E-state index is 12.3. The van der Waals surface area contributed by atoms with Crippen LogP contribution in [0.15, 0.2) is 42.2 Å². The molecule has 1 aliphatic heterocycles. The molecule has 3 aromatic rings. The second kappa shape index (κ2) is 10.3. The number of anilines is 2. The number of amides is 2. The lowest BCUT2D eigenvalue weighted by Gasteiger charge is -2.35. The number of pyridine rings is 1. The molecule has 9 nitrogen and oxygen atoms in total. The van der Waals surface area contributed by atoms with Gasteiger partial charge in [0.15, 0.2) is 5.82 Å². The Morgan fingerprint density at radius 3 is 2.53 bits per heavy atom. The van der Waals surface area contributed by atoms with E-state index in [4.69, 9.17) is 22.1 Å². The first-order chi connectivity index (χ1) is 16.3. The van der Waals surface area contributed by atoms with Crippen LogP contribution in [0.2, 0.25) is 5.02 Å². The van der Waals surface area contributed by atoms with E-state index < -0.39 is 0 Å². The summed E-state index contributed by atoms with van der Waals surface area (Å²) in [6, 6.07) is 7.12. The van der Waals surface area contributed by atoms with E-state index in [1.807, 2.05) is 12.1 Å². The molecule has 1 aromatic carbocycles. The predicted molar refractivity (Wildman–Crippen MR) is 133 cm³/mol. The lowest BCUT2D eigenvalue weighted by Crippen LogP contribution is -2.49. The van der Waals surface area contributed by atoms with Gasteiger partial charge in [-0.05, 0) is 23.8 Å². The van der Waals surface area contributed by atoms with E-state index in [1.54, 1.807) is 49.0 Å². The molecule has 0 atom stereocenters. The van der Waals surface area contributed by atoms with Gasteiger partial charge in [0, 0.05) is 58.2 Å². The molecule has 2 aromatic heterocycles. The molecule has 0 aliphatic carbocycles. The Balaban J connectivity index is 1.39. The first kappa shape index (κ1) is 23.8. The van der Waals surface area contributed by atoms with Crippen LogP contribution in [0.3, 0.4) is 0 Å². The summed E-state index contributed by atoms with van der Waals surface area (Å²) >= 11 is 7.80. The maximum Gasteiger partial charge on any atom is 0.410 e. The van der Waals surface area contributed by atoms with E-state index in [0.717, 1.165) is 16.0 Å². The first-order valence-electron chi connectivity index (χ1n) is 10.6. The third-order valence-corrected chi connectivity index (χ3v) is 6.56. The molecule has 4 rings (SSSR count). The van der Waals surface area contributed by atoms with E-state index in [9.17, 15) is 9.59 Å². The molecule has 3 heterocycles. The highest BCUT2D eigenvalue weighted by Gasteiger charge is 2.24. The highest BCUT2D eigenvalue weighted by molar-refractivity contribution is 7.09. The molecule has 0 radical (unpaired) electrons. The van der Waals surface area contributed by atoms with Crippen molar-refractivity contribution in [2.24, 2.45) is 0 Å². The monoisotopic (exact) mass is 500 g/mol. The van der Waals surface area contributed by atoms with Gasteiger partial charge in [0.25, 0.3) is 5.91 Å². The van der Waals surface area contributed by atoms with E-state index in [1.165, 1.54) is 16.2 Å². The molecule has 11 heteroatoms. The number of hydrogen-bond acceptors (Lipinski definition) is 8. The third kappa shape index (κ3) is 5.23. The van der Waals surface area contributed by atoms with Gasteiger partial charge in [-0.2, -0.15) is 0 Å². The summed E-state index contributed by atoms with van der Waals surface area (Å²) in [6.07, 6.45) is 3.09. The Hall–Kier alpha value is -3.37. The van der Waals surface area contributed by atoms with Gasteiger partial charge in [-0.15, -0.1) is 11.3 Å². The number of thiazole rings is 1. The molecule has 0 bridgehead atoms. The number of carbonyl (C=O) groups excluding carboxylic acids is 2. The molecule has 34 heavy (non-hydrogen) atoms. The molecule has 178 valence electrons. The Labute approximate surface area is 206 Å². The van der Waals surface area contributed by atoms with Crippen LogP contribution in [0, 0.1) is 0 Å². The summed E-state index contributed by atoms with van der Waals surface area (Å²) in [7, 11) is 3.36. The largest absolute Gasteiger partial charge is 0.444 e. The van der Waals surface area contributed by atoms with Gasteiger partial charge in [-0.25, -0.2) is 9.78 Å². The molecule has 0 spiro atoms. The number of piperazine rings is 1. The molecular weight excluding hydrogens is 476 g/mol. The van der Waals surface area contributed by atoms with E-state index in [0.29, 0.717) is 48.3 Å². The molecule has 1 saturated heterocycles. The zero-order valence-corrected chi connectivity index (χ0v) is 20.5. The van der Waals surface area contributed by atoms with Crippen LogP contribution in [0.25, 0.3) is 11.1 Å². The number of nitrogen functional groups attached to an aromatic ring is 1. The average Bonchev–Trinajstić information content (AvgIpc) is 3.36. The van der Waals surface area contributed by atoms with Crippen molar-refractivity contribution in [3.8, 4) is 11.1 Å². The minimum Gasteiger partial charge on any atom is -0.444 e. The van der Waals surface area contributed by atoms with Gasteiger partial charge in [-0.3, -0.25) is 9.78 Å². The topological polar surface area (TPSA) is 105 Å². The predicted octanol–water partition coefficient (Wildman–Crippen LogP) is 3.60. The van der Waals surface area contributed by atoms with Gasteiger partial charge in [-0.1, -0.05) is 17.7 Å². The van der Waals surface area contributed by atoms with Gasteiger partial charge in [0.1, 0.15) is 6.61 Å². The summed E-state index contributed by atoms with van der Waals surface area (Å²) < 4.78 is 5.37. The summed E-state index contributed by atoms with van der Waals surface area (Å²) in [4.78, 5) is 39.2. The van der Waals surface area contributed by atoms with Crippen molar-refractivity contribution in [1.29, 1.82) is 0 Å². The number of ether oxygens (including phenoxy) is 1. The lowest BCUT2D eigenvalue weighted by molar-refractivity contribution is 0.0827. The van der Waals surface area contributed by atoms with Crippen molar-refractivity contribution in [2.45, 2.75) is 6.61 Å². The van der Waals surface area contributed by atoms with Crippen LogP contribution in [0.4, 0.5) is 16.3 Å². The van der Waals surface area contributed by atoms with Crippen LogP contribution < -0.4 is 10.6 Å². The fourth-order valence-corrected chi connectivity index (χ4v) is 4.41. The number of benzene rings is 1. The Bertz CT molecular complexity index is 1180. The van der Waals surface area contributed by atoms with Crippen molar-refractivity contribution in [2.75, 3.05) is 50.9 Å². The van der Waals surface area contributed by atoms with Crippen LogP contribution in [-0.2, 0) is 11.3 Å². The number of nitrogens with two attached hydrogens (primary N) is 1. The lowest BCUT2D eigenvalue weighted by atomic mass is 10.0. The van der Waals surface area contributed by atoms with E-state index >= 15 is 0 Å². The van der Waals surface area contributed by atoms with Gasteiger partial charge in [0.2, 0.25) is 0 Å². The first-order valence-corrected chi connectivity index (χ1v) is 11.9. The second-order valence-corrected chi connectivity index (χ2v) is 9.41. The Morgan fingerprint density at radius 2 is 1.91 bits per heavy atom. The van der Waals surface area contributed by atoms with Crippen LogP contribution in [0.5, 0.6) is 0 Å². The van der Waals surface area contributed by atoms with E-state index in [2.05, 4.69) is 14.9 Å². The van der Waals surface area contributed by atoms with Gasteiger partial charge in [0.05, 0.1) is 26.7 Å². The third-order valence-electron chi connectivity index (χ3n) is 5.49. The summed E-state index contributed by atoms with van der Waals surface area (Å²) in [5.41, 5.74) is 10.6. The molecular formula is C23H25ClN6O3S. The van der Waals surface area contributed by atoms with Crippen molar-refractivity contribution in [3.05, 3.63) is 57.6 Å². The molecule has 0 saturated carbocycles. The van der Waals surface area contributed by atoms with Crippen LogP contribution in [-0.4, -0.2) is 72.0 Å². The van der Waals surface area contributed by atoms with Crippen LogP contribution >= 0.6 is 22.9 Å². The number of aromatic nitrogens is 2. The molecule has 2 amide bonds. The SMILES string of the molecule is CN(C)C(=O)c1ccc(-c2cnc(N3CCN(C(=O)OCc4cncs4)CC3)c(N)c2)cc1Cl. The average molecular weight is 501 g/mol. The molecule has 2 N–H and O–H groups in total. The maximum absolute atomic E-state index is 12.3. The Kier molecular flexibility index (Phi) is 7.18. The minimum atomic E-state index is -0.336. The minimum absolute atomic E-state index is 0.156. The summed E-state index contributed by atoms with van der Waals surface area (Å²) in [6.45, 7) is 2.45. The van der Waals surface area contributed by atoms with Crippen molar-refractivity contribution >= 4 is 46.4 Å². The fraction of sp³-hybridized carbons (Fsp3) is 0.304.